The van der Waals surface area contributed by atoms with Gasteiger partial charge in [-0.2, -0.15) is 0 Å². The zero-order valence-electron chi connectivity index (χ0n) is 11.1. The van der Waals surface area contributed by atoms with Gasteiger partial charge in [-0.05, 0) is 20.0 Å². The molecule has 0 N–H and O–H groups in total. The minimum atomic E-state index is -1.11. The van der Waals surface area contributed by atoms with Crippen molar-refractivity contribution < 1.29 is 19.1 Å². The summed E-state index contributed by atoms with van der Waals surface area (Å²) < 4.78 is 9.79. The highest BCUT2D eigenvalue weighted by Gasteiger charge is 2.56. The molecule has 1 amide bonds. The second-order valence-corrected chi connectivity index (χ2v) is 5.19. The van der Waals surface area contributed by atoms with Crippen LogP contribution in [0.3, 0.4) is 0 Å². The predicted molar refractivity (Wildman–Crippen MR) is 63.9 cm³/mol. The average Bonchev–Trinajstić information content (AvgIpc) is 2.72. The number of carbonyl (C=O) groups excluding carboxylic acids is 2. The van der Waals surface area contributed by atoms with Crippen LogP contribution < -0.4 is 0 Å². The van der Waals surface area contributed by atoms with Gasteiger partial charge >= 0.3 is 5.97 Å². The van der Waals surface area contributed by atoms with E-state index in [9.17, 15) is 9.59 Å². The van der Waals surface area contributed by atoms with Gasteiger partial charge in [0.05, 0.1) is 20.3 Å². The molecule has 1 unspecified atom stereocenters. The first kappa shape index (κ1) is 13.3. The minimum Gasteiger partial charge on any atom is -0.468 e. The average molecular weight is 256 g/mol. The van der Waals surface area contributed by atoms with Crippen molar-refractivity contribution in [3.8, 4) is 0 Å². The third-order valence-corrected chi connectivity index (χ3v) is 3.92. The number of hydrogen-bond acceptors (Lipinski definition) is 5. The second-order valence-electron chi connectivity index (χ2n) is 5.19. The summed E-state index contributed by atoms with van der Waals surface area (Å²) in [7, 11) is 5.09. The Bertz CT molecular complexity index is 354. The Balaban J connectivity index is 2.07. The highest BCUT2D eigenvalue weighted by molar-refractivity contribution is 6.04. The molecule has 2 heterocycles. The van der Waals surface area contributed by atoms with E-state index in [-0.39, 0.29) is 25.2 Å². The zero-order valence-corrected chi connectivity index (χ0v) is 11.1. The molecule has 2 aliphatic heterocycles. The quantitative estimate of drug-likeness (QED) is 0.495. The third kappa shape index (κ3) is 1.99. The predicted octanol–water partition coefficient (Wildman–Crippen LogP) is -0.661. The van der Waals surface area contributed by atoms with Crippen LogP contribution in [0, 0.1) is 5.41 Å². The first-order chi connectivity index (χ1) is 8.51. The fraction of sp³-hybridized carbons (Fsp3) is 0.833. The van der Waals surface area contributed by atoms with Crippen LogP contribution in [0.25, 0.3) is 0 Å². The number of likely N-dealkylation sites (N-methyl/N-ethyl adjacent to an activating group) is 2. The van der Waals surface area contributed by atoms with Crippen molar-refractivity contribution in [3.05, 3.63) is 0 Å². The molecule has 2 rings (SSSR count). The molecule has 102 valence electrons. The molecule has 2 aliphatic rings. The summed E-state index contributed by atoms with van der Waals surface area (Å²) in [5, 5.41) is 0. The van der Waals surface area contributed by atoms with E-state index in [0.29, 0.717) is 0 Å². The number of carbonyl (C=O) groups is 2. The van der Waals surface area contributed by atoms with Crippen molar-refractivity contribution in [1.82, 2.24) is 9.80 Å². The monoisotopic (exact) mass is 256 g/mol. The molecular weight excluding hydrogens is 236 g/mol. The Labute approximate surface area is 107 Å². The van der Waals surface area contributed by atoms with Crippen molar-refractivity contribution in [1.29, 1.82) is 0 Å². The smallest absolute Gasteiger partial charge is 0.326 e. The molecule has 0 spiro atoms. The highest BCUT2D eigenvalue weighted by atomic mass is 16.5. The summed E-state index contributed by atoms with van der Waals surface area (Å²) in [5.74, 6) is -0.669. The Morgan fingerprint density at radius 2 is 2.11 bits per heavy atom. The van der Waals surface area contributed by atoms with E-state index in [1.54, 1.807) is 11.9 Å². The lowest BCUT2D eigenvalue weighted by Crippen LogP contribution is -2.61. The lowest BCUT2D eigenvalue weighted by molar-refractivity contribution is -0.193. The molecule has 0 aromatic heterocycles. The number of hydrogen-bond donors (Lipinski definition) is 0. The van der Waals surface area contributed by atoms with E-state index in [1.165, 1.54) is 7.11 Å². The first-order valence-corrected chi connectivity index (χ1v) is 6.13. The normalized spacial score (nSPS) is 26.5. The van der Waals surface area contributed by atoms with Crippen LogP contribution in [-0.4, -0.2) is 75.2 Å². The molecule has 0 aromatic rings. The summed E-state index contributed by atoms with van der Waals surface area (Å²) in [6, 6.07) is 0.171. The van der Waals surface area contributed by atoms with Gasteiger partial charge in [0.2, 0.25) is 5.91 Å². The van der Waals surface area contributed by atoms with E-state index >= 15 is 0 Å². The Kier molecular flexibility index (Phi) is 3.59. The van der Waals surface area contributed by atoms with Crippen LogP contribution in [0.4, 0.5) is 0 Å². The molecule has 0 aliphatic carbocycles. The molecular formula is C12H20N2O4. The summed E-state index contributed by atoms with van der Waals surface area (Å²) in [4.78, 5) is 28.1. The van der Waals surface area contributed by atoms with Crippen molar-refractivity contribution in [3.63, 3.8) is 0 Å². The van der Waals surface area contributed by atoms with Gasteiger partial charge < -0.3 is 19.3 Å². The van der Waals surface area contributed by atoms with Gasteiger partial charge in [0.1, 0.15) is 0 Å². The fourth-order valence-electron chi connectivity index (χ4n) is 2.56. The Morgan fingerprint density at radius 3 is 2.50 bits per heavy atom. The van der Waals surface area contributed by atoms with E-state index in [2.05, 4.69) is 4.90 Å². The maximum Gasteiger partial charge on any atom is 0.326 e. The van der Waals surface area contributed by atoms with Crippen LogP contribution in [0.1, 0.15) is 6.42 Å². The summed E-state index contributed by atoms with van der Waals surface area (Å²) in [6.07, 6.45) is 0.941. The zero-order chi connectivity index (χ0) is 13.3. The number of rotatable bonds is 3. The Morgan fingerprint density at radius 1 is 1.44 bits per heavy atom. The van der Waals surface area contributed by atoms with Crippen LogP contribution in [0.2, 0.25) is 0 Å². The summed E-state index contributed by atoms with van der Waals surface area (Å²) in [5.41, 5.74) is -1.11. The van der Waals surface area contributed by atoms with Gasteiger partial charge in [0, 0.05) is 19.6 Å². The third-order valence-electron chi connectivity index (χ3n) is 3.92. The maximum atomic E-state index is 12.5. The van der Waals surface area contributed by atoms with Gasteiger partial charge in [-0.3, -0.25) is 9.59 Å². The van der Waals surface area contributed by atoms with E-state index in [1.807, 2.05) is 7.05 Å². The standard InChI is InChI=1S/C12H20N2O4/c1-13-5-4-9(6-13)14(2)10(15)12(7-18-8-12)11(16)17-3/h9H,4-8H2,1-3H3. The van der Waals surface area contributed by atoms with Crippen molar-refractivity contribution in [2.75, 3.05) is 47.5 Å². The molecule has 6 heteroatoms. The van der Waals surface area contributed by atoms with E-state index in [0.717, 1.165) is 19.5 Å². The SMILES string of the molecule is COC(=O)C1(C(=O)N(C)C2CCN(C)C2)COC1. The van der Waals surface area contributed by atoms with Crippen molar-refractivity contribution >= 4 is 11.9 Å². The Hall–Kier alpha value is -1.14. The second kappa shape index (κ2) is 4.85. The molecule has 0 radical (unpaired) electrons. The summed E-state index contributed by atoms with van der Waals surface area (Å²) in [6.45, 7) is 2.08. The van der Waals surface area contributed by atoms with Crippen molar-refractivity contribution in [2.45, 2.75) is 12.5 Å². The van der Waals surface area contributed by atoms with Crippen LogP contribution >= 0.6 is 0 Å². The molecule has 0 saturated carbocycles. The van der Waals surface area contributed by atoms with Gasteiger partial charge in [0.15, 0.2) is 5.41 Å². The van der Waals surface area contributed by atoms with Crippen LogP contribution in [0.15, 0.2) is 0 Å². The largest absolute Gasteiger partial charge is 0.468 e. The van der Waals surface area contributed by atoms with E-state index in [4.69, 9.17) is 9.47 Å². The van der Waals surface area contributed by atoms with Crippen LogP contribution in [0.5, 0.6) is 0 Å². The summed E-state index contributed by atoms with van der Waals surface area (Å²) >= 11 is 0. The van der Waals surface area contributed by atoms with E-state index < -0.39 is 11.4 Å². The number of amides is 1. The van der Waals surface area contributed by atoms with Gasteiger partial charge in [-0.25, -0.2) is 0 Å². The van der Waals surface area contributed by atoms with Gasteiger partial charge in [-0.15, -0.1) is 0 Å². The van der Waals surface area contributed by atoms with Gasteiger partial charge in [-0.1, -0.05) is 0 Å². The number of nitrogens with zero attached hydrogens (tertiary/aromatic N) is 2. The highest BCUT2D eigenvalue weighted by Crippen LogP contribution is 2.32. The van der Waals surface area contributed by atoms with Crippen LogP contribution in [-0.2, 0) is 19.1 Å². The molecule has 2 fully saturated rings. The first-order valence-electron chi connectivity index (χ1n) is 6.13. The lowest BCUT2D eigenvalue weighted by atomic mass is 9.84. The fourth-order valence-corrected chi connectivity index (χ4v) is 2.56. The van der Waals surface area contributed by atoms with Crippen molar-refractivity contribution in [2.24, 2.45) is 5.41 Å². The number of methoxy groups -OCH3 is 1. The number of likely N-dealkylation sites (tertiary alicyclic amines) is 1. The molecule has 0 bridgehead atoms. The lowest BCUT2D eigenvalue weighted by Gasteiger charge is -2.40. The number of esters is 1. The molecule has 18 heavy (non-hydrogen) atoms. The minimum absolute atomic E-state index is 0.130. The maximum absolute atomic E-state index is 12.5. The topological polar surface area (TPSA) is 59.1 Å². The molecule has 6 nitrogen and oxygen atoms in total. The molecule has 1 atom stereocenters. The molecule has 2 saturated heterocycles. The van der Waals surface area contributed by atoms with Gasteiger partial charge in [0.25, 0.3) is 0 Å². The molecule has 0 aromatic carbocycles. The number of ether oxygens (including phenoxy) is 2.